The summed E-state index contributed by atoms with van der Waals surface area (Å²) in [6.45, 7) is 1.93. The lowest BCUT2D eigenvalue weighted by Crippen LogP contribution is -2.49. The molecule has 2 saturated heterocycles. The van der Waals surface area contributed by atoms with Crippen LogP contribution in [-0.2, 0) is 19.6 Å². The number of amides is 1. The first kappa shape index (κ1) is 19.9. The Hall–Kier alpha value is -1.88. The first-order valence-electron chi connectivity index (χ1n) is 9.42. The zero-order valence-corrected chi connectivity index (χ0v) is 16.2. The summed E-state index contributed by atoms with van der Waals surface area (Å²) < 4.78 is 32.4. The first-order valence-corrected chi connectivity index (χ1v) is 10.9. The molecule has 2 atom stereocenters. The van der Waals surface area contributed by atoms with Gasteiger partial charge in [-0.2, -0.15) is 4.31 Å². The molecule has 2 heterocycles. The minimum Gasteiger partial charge on any atom is -0.381 e. The van der Waals surface area contributed by atoms with Crippen LogP contribution in [0, 0.1) is 24.2 Å². The van der Waals surface area contributed by atoms with E-state index in [9.17, 15) is 13.2 Å². The lowest BCUT2D eigenvalue weighted by atomic mass is 9.91. The maximum Gasteiger partial charge on any atom is 0.243 e. The number of hydrogen-bond acceptors (Lipinski definition) is 4. The van der Waals surface area contributed by atoms with Gasteiger partial charge < -0.3 is 10.1 Å². The van der Waals surface area contributed by atoms with Gasteiger partial charge in [0.25, 0.3) is 0 Å². The second kappa shape index (κ2) is 8.87. The molecule has 1 amide bonds. The fraction of sp³-hybridized carbons (Fsp3) is 0.550. The van der Waals surface area contributed by atoms with Crippen molar-refractivity contribution in [3.63, 3.8) is 0 Å². The molecule has 0 bridgehead atoms. The molecule has 0 aliphatic carbocycles. The predicted molar refractivity (Wildman–Crippen MR) is 102 cm³/mol. The van der Waals surface area contributed by atoms with Gasteiger partial charge in [0, 0.05) is 26.3 Å². The van der Waals surface area contributed by atoms with Crippen molar-refractivity contribution >= 4 is 15.9 Å². The summed E-state index contributed by atoms with van der Waals surface area (Å²) in [6.07, 6.45) is 8.62. The van der Waals surface area contributed by atoms with Crippen molar-refractivity contribution < 1.29 is 17.9 Å². The Labute approximate surface area is 161 Å². The summed E-state index contributed by atoms with van der Waals surface area (Å²) in [5, 5.41) is 2.97. The van der Waals surface area contributed by atoms with E-state index in [0.29, 0.717) is 32.6 Å². The first-order chi connectivity index (χ1) is 13.0. The third kappa shape index (κ3) is 4.70. The summed E-state index contributed by atoms with van der Waals surface area (Å²) in [6, 6.07) is 8.01. The Morgan fingerprint density at radius 1 is 1.22 bits per heavy atom. The highest BCUT2D eigenvalue weighted by atomic mass is 32.2. The second-order valence-corrected chi connectivity index (χ2v) is 9.06. The zero-order chi connectivity index (χ0) is 19.3. The van der Waals surface area contributed by atoms with Crippen LogP contribution in [0.1, 0.15) is 25.7 Å². The van der Waals surface area contributed by atoms with Crippen molar-refractivity contribution in [2.75, 3.05) is 26.3 Å². The van der Waals surface area contributed by atoms with Gasteiger partial charge in [0.05, 0.1) is 16.9 Å². The molecule has 0 spiro atoms. The van der Waals surface area contributed by atoms with Crippen molar-refractivity contribution in [3.8, 4) is 12.3 Å². The number of terminal acetylenes is 1. The summed E-state index contributed by atoms with van der Waals surface area (Å²) in [5.74, 6) is 2.36. The number of nitrogens with zero attached hydrogens (tertiary/aromatic N) is 1. The molecule has 2 fully saturated rings. The molecule has 0 aromatic heterocycles. The molecule has 2 aliphatic rings. The molecule has 146 valence electrons. The van der Waals surface area contributed by atoms with E-state index in [-0.39, 0.29) is 35.2 Å². The molecule has 1 aromatic rings. The van der Waals surface area contributed by atoms with Gasteiger partial charge in [-0.15, -0.1) is 6.42 Å². The van der Waals surface area contributed by atoms with Crippen LogP contribution in [0.25, 0.3) is 0 Å². The zero-order valence-electron chi connectivity index (χ0n) is 15.3. The molecule has 6 nitrogen and oxygen atoms in total. The molecule has 0 radical (unpaired) electrons. The molecule has 7 heteroatoms. The summed E-state index contributed by atoms with van der Waals surface area (Å²) in [5.41, 5.74) is 0. The van der Waals surface area contributed by atoms with E-state index in [4.69, 9.17) is 11.2 Å². The molecular weight excluding hydrogens is 364 g/mol. The minimum absolute atomic E-state index is 0.155. The number of piperidine rings is 1. The fourth-order valence-corrected chi connectivity index (χ4v) is 5.28. The molecule has 2 aliphatic heterocycles. The van der Waals surface area contributed by atoms with Gasteiger partial charge >= 0.3 is 0 Å². The quantitative estimate of drug-likeness (QED) is 0.776. The van der Waals surface area contributed by atoms with Gasteiger partial charge in [-0.1, -0.05) is 24.1 Å². The molecule has 3 rings (SSSR count). The number of carbonyl (C=O) groups excluding carboxylic acids is 1. The summed E-state index contributed by atoms with van der Waals surface area (Å²) in [4.78, 5) is 13.0. The maximum atomic E-state index is 12.8. The van der Waals surface area contributed by atoms with Crippen molar-refractivity contribution in [3.05, 3.63) is 30.3 Å². The average molecular weight is 391 g/mol. The van der Waals surface area contributed by atoms with E-state index in [2.05, 4.69) is 11.2 Å². The lowest BCUT2D eigenvalue weighted by Gasteiger charge is -2.33. The number of sulfonamides is 1. The van der Waals surface area contributed by atoms with Crippen molar-refractivity contribution in [2.24, 2.45) is 11.8 Å². The van der Waals surface area contributed by atoms with Gasteiger partial charge in [0.1, 0.15) is 0 Å². The average Bonchev–Trinajstić information content (AvgIpc) is 2.73. The molecular formula is C20H26N2O4S. The van der Waals surface area contributed by atoms with Crippen molar-refractivity contribution in [2.45, 2.75) is 36.6 Å². The number of rotatable bonds is 5. The SMILES string of the molecule is C#C[C@@H](NC(=O)[C@@H]1CCCN(S(=O)(=O)c2ccccc2)C1)C1CCOCC1. The van der Waals surface area contributed by atoms with Crippen LogP contribution in [-0.4, -0.2) is 51.0 Å². The monoisotopic (exact) mass is 390 g/mol. The van der Waals surface area contributed by atoms with Crippen molar-refractivity contribution in [1.29, 1.82) is 0 Å². The van der Waals surface area contributed by atoms with Crippen molar-refractivity contribution in [1.82, 2.24) is 9.62 Å². The Morgan fingerprint density at radius 3 is 2.59 bits per heavy atom. The highest BCUT2D eigenvalue weighted by molar-refractivity contribution is 7.89. The Kier molecular flexibility index (Phi) is 6.53. The van der Waals surface area contributed by atoms with E-state index >= 15 is 0 Å². The van der Waals surface area contributed by atoms with E-state index < -0.39 is 10.0 Å². The van der Waals surface area contributed by atoms with E-state index in [0.717, 1.165) is 12.8 Å². The van der Waals surface area contributed by atoms with Crippen LogP contribution < -0.4 is 5.32 Å². The third-order valence-corrected chi connectivity index (χ3v) is 7.23. The van der Waals surface area contributed by atoms with Crippen LogP contribution in [0.5, 0.6) is 0 Å². The number of ether oxygens (including phenoxy) is 1. The minimum atomic E-state index is -3.59. The fourth-order valence-electron chi connectivity index (χ4n) is 3.73. The molecule has 27 heavy (non-hydrogen) atoms. The Bertz CT molecular complexity index is 782. The van der Waals surface area contributed by atoms with Crippen LogP contribution in [0.15, 0.2) is 35.2 Å². The molecule has 1 aromatic carbocycles. The second-order valence-electron chi connectivity index (χ2n) is 7.12. The van der Waals surface area contributed by atoms with E-state index in [1.165, 1.54) is 4.31 Å². The van der Waals surface area contributed by atoms with Gasteiger partial charge in [-0.05, 0) is 43.7 Å². The largest absolute Gasteiger partial charge is 0.381 e. The normalized spacial score (nSPS) is 23.3. The van der Waals surface area contributed by atoms with Gasteiger partial charge in [0.15, 0.2) is 0 Å². The van der Waals surface area contributed by atoms with Crippen LogP contribution in [0.4, 0.5) is 0 Å². The van der Waals surface area contributed by atoms with Crippen LogP contribution in [0.3, 0.4) is 0 Å². The molecule has 1 N–H and O–H groups in total. The maximum absolute atomic E-state index is 12.8. The number of hydrogen-bond donors (Lipinski definition) is 1. The third-order valence-electron chi connectivity index (χ3n) is 5.35. The standard InChI is InChI=1S/C20H26N2O4S/c1-2-19(16-10-13-26-14-11-16)21-20(23)17-7-6-12-22(15-17)27(24,25)18-8-4-3-5-9-18/h1,3-5,8-9,16-17,19H,6-7,10-15H2,(H,21,23)/t17-,19-/m1/s1. The highest BCUT2D eigenvalue weighted by Crippen LogP contribution is 2.25. The van der Waals surface area contributed by atoms with Crippen LogP contribution in [0.2, 0.25) is 0 Å². The van der Waals surface area contributed by atoms with E-state index in [1.807, 2.05) is 0 Å². The van der Waals surface area contributed by atoms with Crippen LogP contribution >= 0.6 is 0 Å². The number of nitrogens with one attached hydrogen (secondary N) is 1. The molecule has 0 saturated carbocycles. The lowest BCUT2D eigenvalue weighted by molar-refractivity contribution is -0.127. The van der Waals surface area contributed by atoms with Gasteiger partial charge in [-0.3, -0.25) is 4.79 Å². The smallest absolute Gasteiger partial charge is 0.243 e. The topological polar surface area (TPSA) is 75.7 Å². The Morgan fingerprint density at radius 2 is 1.93 bits per heavy atom. The molecule has 0 unspecified atom stereocenters. The summed E-state index contributed by atoms with van der Waals surface area (Å²) in [7, 11) is -3.59. The highest BCUT2D eigenvalue weighted by Gasteiger charge is 2.34. The summed E-state index contributed by atoms with van der Waals surface area (Å²) >= 11 is 0. The van der Waals surface area contributed by atoms with Gasteiger partial charge in [-0.25, -0.2) is 8.42 Å². The number of carbonyl (C=O) groups is 1. The van der Waals surface area contributed by atoms with Gasteiger partial charge in [0.2, 0.25) is 15.9 Å². The number of benzene rings is 1. The predicted octanol–water partition coefficient (Wildman–Crippen LogP) is 1.63. The Balaban J connectivity index is 1.65. The van der Waals surface area contributed by atoms with E-state index in [1.54, 1.807) is 30.3 Å².